The lowest BCUT2D eigenvalue weighted by atomic mass is 9.97. The fourth-order valence-electron chi connectivity index (χ4n) is 3.80. The van der Waals surface area contributed by atoms with E-state index < -0.39 is 0 Å². The molecule has 1 atom stereocenters. The van der Waals surface area contributed by atoms with E-state index >= 15 is 0 Å². The van der Waals surface area contributed by atoms with Crippen molar-refractivity contribution in [3.63, 3.8) is 0 Å². The topological polar surface area (TPSA) is 67.0 Å². The number of benzene rings is 2. The van der Waals surface area contributed by atoms with E-state index in [1.54, 1.807) is 13.3 Å². The quantitative estimate of drug-likeness (QED) is 0.701. The Balaban J connectivity index is 1.38. The van der Waals surface area contributed by atoms with Crippen molar-refractivity contribution in [3.8, 4) is 17.0 Å². The fraction of sp³-hybridized carbons (Fsp3) is 0.273. The maximum absolute atomic E-state index is 12.5. The summed E-state index contributed by atoms with van der Waals surface area (Å²) in [5.41, 5.74) is 5.62. The number of hydrogen-bond acceptors (Lipinski definition) is 3. The summed E-state index contributed by atoms with van der Waals surface area (Å²) >= 11 is 0. The van der Waals surface area contributed by atoms with Gasteiger partial charge in [0.1, 0.15) is 5.75 Å². The number of aryl methyl sites for hydroxylation is 1. The minimum atomic E-state index is 0.0820. The number of carbonyl (C=O) groups excluding carboxylic acids is 1. The number of nitrogens with one attached hydrogen (secondary N) is 2. The first-order valence-electron chi connectivity index (χ1n) is 9.26. The van der Waals surface area contributed by atoms with Crippen LogP contribution >= 0.6 is 0 Å². The predicted molar refractivity (Wildman–Crippen MR) is 105 cm³/mol. The van der Waals surface area contributed by atoms with Gasteiger partial charge in [-0.05, 0) is 54.2 Å². The highest BCUT2D eigenvalue weighted by Crippen LogP contribution is 2.35. The number of amides is 1. The Morgan fingerprint density at radius 3 is 2.85 bits per heavy atom. The van der Waals surface area contributed by atoms with E-state index in [0.29, 0.717) is 18.9 Å². The van der Waals surface area contributed by atoms with Crippen LogP contribution in [-0.2, 0) is 17.8 Å². The summed E-state index contributed by atoms with van der Waals surface area (Å²) in [6.07, 6.45) is 4.42. The lowest BCUT2D eigenvalue weighted by molar-refractivity contribution is -0.121. The van der Waals surface area contributed by atoms with Crippen LogP contribution in [0.5, 0.6) is 5.75 Å². The Labute approximate surface area is 158 Å². The van der Waals surface area contributed by atoms with Gasteiger partial charge in [0.15, 0.2) is 0 Å². The highest BCUT2D eigenvalue weighted by molar-refractivity contribution is 5.77. The van der Waals surface area contributed by atoms with E-state index in [1.165, 1.54) is 11.1 Å². The largest absolute Gasteiger partial charge is 0.497 e. The maximum atomic E-state index is 12.5. The minimum Gasteiger partial charge on any atom is -0.497 e. The lowest BCUT2D eigenvalue weighted by Crippen LogP contribution is -2.24. The van der Waals surface area contributed by atoms with Gasteiger partial charge in [-0.3, -0.25) is 9.89 Å². The number of ether oxygens (including phenoxy) is 1. The van der Waals surface area contributed by atoms with Crippen molar-refractivity contribution in [2.75, 3.05) is 7.11 Å². The molecule has 1 aliphatic carbocycles. The minimum absolute atomic E-state index is 0.0820. The molecule has 0 radical (unpaired) electrons. The van der Waals surface area contributed by atoms with Crippen LogP contribution in [0, 0.1) is 0 Å². The summed E-state index contributed by atoms with van der Waals surface area (Å²) in [7, 11) is 1.65. The molecule has 5 heteroatoms. The molecule has 2 N–H and O–H groups in total. The van der Waals surface area contributed by atoms with Gasteiger partial charge in [-0.15, -0.1) is 0 Å². The van der Waals surface area contributed by atoms with Crippen molar-refractivity contribution in [2.24, 2.45) is 0 Å². The Morgan fingerprint density at radius 2 is 2.04 bits per heavy atom. The van der Waals surface area contributed by atoms with Gasteiger partial charge in [-0.25, -0.2) is 0 Å². The fourth-order valence-corrected chi connectivity index (χ4v) is 3.80. The van der Waals surface area contributed by atoms with Gasteiger partial charge in [0.2, 0.25) is 5.91 Å². The van der Waals surface area contributed by atoms with Crippen molar-refractivity contribution >= 4 is 5.91 Å². The Morgan fingerprint density at radius 1 is 1.22 bits per heavy atom. The number of rotatable bonds is 6. The SMILES string of the molecule is COc1ccc(-c2[nH]ncc2CNC(=O)CC2CCc3ccccc32)cc1. The molecule has 138 valence electrons. The average Bonchev–Trinajstić information content (AvgIpc) is 3.34. The second-order valence-electron chi connectivity index (χ2n) is 6.91. The zero-order chi connectivity index (χ0) is 18.6. The summed E-state index contributed by atoms with van der Waals surface area (Å²) < 4.78 is 5.20. The molecule has 4 rings (SSSR count). The number of aromatic amines is 1. The maximum Gasteiger partial charge on any atom is 0.220 e. The van der Waals surface area contributed by atoms with Gasteiger partial charge in [0.25, 0.3) is 0 Å². The number of methoxy groups -OCH3 is 1. The highest BCUT2D eigenvalue weighted by Gasteiger charge is 2.24. The third-order valence-corrected chi connectivity index (χ3v) is 5.26. The number of aromatic nitrogens is 2. The molecule has 1 heterocycles. The third-order valence-electron chi connectivity index (χ3n) is 5.26. The standard InChI is InChI=1S/C22H23N3O2/c1-27-19-10-8-16(9-11-19)22-18(14-24-25-22)13-23-21(26)12-17-7-6-15-4-2-3-5-20(15)17/h2-5,8-11,14,17H,6-7,12-13H2,1H3,(H,23,26)(H,24,25). The Bertz CT molecular complexity index is 931. The third kappa shape index (κ3) is 3.72. The summed E-state index contributed by atoms with van der Waals surface area (Å²) in [5, 5.41) is 10.2. The van der Waals surface area contributed by atoms with Gasteiger partial charge < -0.3 is 10.1 Å². The van der Waals surface area contributed by atoms with Gasteiger partial charge in [0, 0.05) is 24.1 Å². The number of hydrogen-bond donors (Lipinski definition) is 2. The molecule has 2 aromatic carbocycles. The van der Waals surface area contributed by atoms with E-state index in [4.69, 9.17) is 4.74 Å². The number of fused-ring (bicyclic) bond motifs is 1. The molecule has 1 aliphatic rings. The second kappa shape index (κ2) is 7.66. The molecule has 5 nitrogen and oxygen atoms in total. The molecule has 3 aromatic rings. The zero-order valence-electron chi connectivity index (χ0n) is 15.4. The molecule has 0 bridgehead atoms. The van der Waals surface area contributed by atoms with Crippen molar-refractivity contribution in [1.82, 2.24) is 15.5 Å². The molecule has 1 aromatic heterocycles. The zero-order valence-corrected chi connectivity index (χ0v) is 15.4. The first-order chi connectivity index (χ1) is 13.2. The molecule has 0 saturated heterocycles. The second-order valence-corrected chi connectivity index (χ2v) is 6.91. The van der Waals surface area contributed by atoms with E-state index in [2.05, 4.69) is 39.8 Å². The summed E-state index contributed by atoms with van der Waals surface area (Å²) in [4.78, 5) is 12.5. The normalized spacial score (nSPS) is 15.4. The van der Waals surface area contributed by atoms with Crippen LogP contribution in [0.4, 0.5) is 0 Å². The van der Waals surface area contributed by atoms with E-state index in [9.17, 15) is 4.79 Å². The summed E-state index contributed by atoms with van der Waals surface area (Å²) in [5.74, 6) is 1.22. The number of nitrogens with zero attached hydrogens (tertiary/aromatic N) is 1. The van der Waals surface area contributed by atoms with E-state index in [-0.39, 0.29) is 5.91 Å². The van der Waals surface area contributed by atoms with Crippen LogP contribution in [0.2, 0.25) is 0 Å². The van der Waals surface area contributed by atoms with Crippen LogP contribution in [0.1, 0.15) is 35.4 Å². The highest BCUT2D eigenvalue weighted by atomic mass is 16.5. The predicted octanol–water partition coefficient (Wildman–Crippen LogP) is 3.82. The number of carbonyl (C=O) groups is 1. The van der Waals surface area contributed by atoms with Crippen LogP contribution < -0.4 is 10.1 Å². The summed E-state index contributed by atoms with van der Waals surface area (Å²) in [6, 6.07) is 16.2. The van der Waals surface area contributed by atoms with Gasteiger partial charge >= 0.3 is 0 Å². The molecule has 1 amide bonds. The molecule has 0 fully saturated rings. The first-order valence-corrected chi connectivity index (χ1v) is 9.26. The lowest BCUT2D eigenvalue weighted by Gasteiger charge is -2.12. The van der Waals surface area contributed by atoms with E-state index in [1.807, 2.05) is 24.3 Å². The van der Waals surface area contributed by atoms with Crippen molar-refractivity contribution in [2.45, 2.75) is 31.7 Å². The van der Waals surface area contributed by atoms with Crippen molar-refractivity contribution in [3.05, 3.63) is 71.4 Å². The summed E-state index contributed by atoms with van der Waals surface area (Å²) in [6.45, 7) is 0.463. The first kappa shape index (κ1) is 17.3. The molecule has 0 aliphatic heterocycles. The van der Waals surface area contributed by atoms with Crippen LogP contribution in [-0.4, -0.2) is 23.2 Å². The molecule has 0 spiro atoms. The van der Waals surface area contributed by atoms with Crippen molar-refractivity contribution < 1.29 is 9.53 Å². The molecular formula is C22H23N3O2. The Kier molecular flexibility index (Phi) is 4.92. The van der Waals surface area contributed by atoms with Gasteiger partial charge in [-0.2, -0.15) is 5.10 Å². The van der Waals surface area contributed by atoms with Crippen molar-refractivity contribution in [1.29, 1.82) is 0 Å². The Hall–Kier alpha value is -3.08. The average molecular weight is 361 g/mol. The van der Waals surface area contributed by atoms with Gasteiger partial charge in [0.05, 0.1) is 19.0 Å². The molecule has 0 saturated carbocycles. The van der Waals surface area contributed by atoms with Crippen LogP contribution in [0.3, 0.4) is 0 Å². The monoisotopic (exact) mass is 361 g/mol. The van der Waals surface area contributed by atoms with E-state index in [0.717, 1.165) is 35.4 Å². The molecule has 27 heavy (non-hydrogen) atoms. The van der Waals surface area contributed by atoms with Crippen LogP contribution in [0.15, 0.2) is 54.7 Å². The van der Waals surface area contributed by atoms with Gasteiger partial charge in [-0.1, -0.05) is 24.3 Å². The smallest absolute Gasteiger partial charge is 0.220 e. The van der Waals surface area contributed by atoms with Crippen LogP contribution in [0.25, 0.3) is 11.3 Å². The molecule has 1 unspecified atom stereocenters. The number of H-pyrrole nitrogens is 1. The molecular weight excluding hydrogens is 338 g/mol.